The molecular formula is C15H9ClO2. The molecule has 0 fully saturated rings. The molecule has 88 valence electrons. The summed E-state index contributed by atoms with van der Waals surface area (Å²) in [6.45, 7) is 0. The van der Waals surface area contributed by atoms with Crippen LogP contribution in [0.4, 0.5) is 0 Å². The van der Waals surface area contributed by atoms with Crippen molar-refractivity contribution in [1.82, 2.24) is 0 Å². The molecule has 3 aromatic rings. The predicted octanol–water partition coefficient (Wildman–Crippen LogP) is 4.11. The van der Waals surface area contributed by atoms with Crippen molar-refractivity contribution in [2.24, 2.45) is 0 Å². The van der Waals surface area contributed by atoms with Crippen molar-refractivity contribution >= 4 is 22.6 Å². The summed E-state index contributed by atoms with van der Waals surface area (Å²) in [5.74, 6) is 0. The molecule has 18 heavy (non-hydrogen) atoms. The monoisotopic (exact) mass is 256 g/mol. The summed E-state index contributed by atoms with van der Waals surface area (Å²) in [5, 5.41) is 1.18. The summed E-state index contributed by atoms with van der Waals surface area (Å²) in [6.07, 6.45) is 1.48. The highest BCUT2D eigenvalue weighted by atomic mass is 35.5. The van der Waals surface area contributed by atoms with E-state index in [9.17, 15) is 4.79 Å². The van der Waals surface area contributed by atoms with E-state index in [0.717, 1.165) is 5.56 Å². The van der Waals surface area contributed by atoms with E-state index < -0.39 is 0 Å². The fourth-order valence-electron chi connectivity index (χ4n) is 1.93. The maximum absolute atomic E-state index is 12.3. The third-order valence-electron chi connectivity index (χ3n) is 2.82. The number of para-hydroxylation sites is 1. The molecule has 1 aromatic heterocycles. The molecule has 0 aliphatic carbocycles. The molecule has 0 N–H and O–H groups in total. The fourth-order valence-corrected chi connectivity index (χ4v) is 2.12. The van der Waals surface area contributed by atoms with E-state index in [4.69, 9.17) is 16.0 Å². The van der Waals surface area contributed by atoms with E-state index in [1.807, 2.05) is 24.3 Å². The first kappa shape index (κ1) is 11.1. The van der Waals surface area contributed by atoms with Gasteiger partial charge in [-0.25, -0.2) is 0 Å². The third kappa shape index (κ3) is 1.81. The Kier molecular flexibility index (Phi) is 2.65. The predicted molar refractivity (Wildman–Crippen MR) is 72.9 cm³/mol. The van der Waals surface area contributed by atoms with Crippen LogP contribution in [0.5, 0.6) is 0 Å². The van der Waals surface area contributed by atoms with Gasteiger partial charge in [-0.2, -0.15) is 0 Å². The van der Waals surface area contributed by atoms with E-state index in [0.29, 0.717) is 21.6 Å². The van der Waals surface area contributed by atoms with Gasteiger partial charge in [0.25, 0.3) is 0 Å². The van der Waals surface area contributed by atoms with Gasteiger partial charge in [0.1, 0.15) is 11.8 Å². The van der Waals surface area contributed by atoms with E-state index in [-0.39, 0.29) is 5.43 Å². The Balaban J connectivity index is 2.31. The van der Waals surface area contributed by atoms with Crippen LogP contribution in [0.2, 0.25) is 5.02 Å². The van der Waals surface area contributed by atoms with E-state index >= 15 is 0 Å². The minimum absolute atomic E-state index is 0.0425. The average Bonchev–Trinajstić information content (AvgIpc) is 2.39. The number of rotatable bonds is 1. The van der Waals surface area contributed by atoms with Gasteiger partial charge in [0.05, 0.1) is 10.9 Å². The maximum atomic E-state index is 12.3. The number of hydrogen-bond acceptors (Lipinski definition) is 2. The minimum Gasteiger partial charge on any atom is -0.463 e. The lowest BCUT2D eigenvalue weighted by Gasteiger charge is -2.02. The van der Waals surface area contributed by atoms with E-state index in [2.05, 4.69) is 0 Å². The first-order valence-electron chi connectivity index (χ1n) is 5.52. The molecule has 0 radical (unpaired) electrons. The second-order valence-electron chi connectivity index (χ2n) is 3.99. The average molecular weight is 257 g/mol. The van der Waals surface area contributed by atoms with Gasteiger partial charge in [0.15, 0.2) is 5.43 Å². The molecule has 3 rings (SSSR count). The van der Waals surface area contributed by atoms with Crippen molar-refractivity contribution in [3.63, 3.8) is 0 Å². The number of hydrogen-bond donors (Lipinski definition) is 0. The molecule has 0 amide bonds. The zero-order chi connectivity index (χ0) is 12.5. The van der Waals surface area contributed by atoms with Crippen molar-refractivity contribution in [1.29, 1.82) is 0 Å². The van der Waals surface area contributed by atoms with Crippen LogP contribution in [0, 0.1) is 0 Å². The zero-order valence-electron chi connectivity index (χ0n) is 9.39. The molecule has 0 atom stereocenters. The standard InChI is InChI=1S/C15H9ClO2/c16-11-5-3-4-10(8-11)13-9-18-14-7-2-1-6-12(14)15(13)17/h1-9H. The second-order valence-corrected chi connectivity index (χ2v) is 4.42. The van der Waals surface area contributed by atoms with Crippen LogP contribution in [0.3, 0.4) is 0 Å². The van der Waals surface area contributed by atoms with Crippen LogP contribution < -0.4 is 5.43 Å². The van der Waals surface area contributed by atoms with Crippen LogP contribution in [0.25, 0.3) is 22.1 Å². The first-order valence-corrected chi connectivity index (χ1v) is 5.90. The highest BCUT2D eigenvalue weighted by molar-refractivity contribution is 6.30. The summed E-state index contributed by atoms with van der Waals surface area (Å²) in [4.78, 5) is 12.3. The first-order chi connectivity index (χ1) is 8.75. The number of benzene rings is 2. The van der Waals surface area contributed by atoms with Gasteiger partial charge in [0, 0.05) is 5.02 Å². The SMILES string of the molecule is O=c1c(-c2cccc(Cl)c2)coc2ccccc12. The molecule has 0 aliphatic heterocycles. The molecule has 0 unspecified atom stereocenters. The summed E-state index contributed by atoms with van der Waals surface area (Å²) in [7, 11) is 0. The lowest BCUT2D eigenvalue weighted by Crippen LogP contribution is -2.04. The molecular weight excluding hydrogens is 248 g/mol. The van der Waals surface area contributed by atoms with Crippen molar-refractivity contribution in [3.05, 3.63) is 70.0 Å². The van der Waals surface area contributed by atoms with Crippen molar-refractivity contribution < 1.29 is 4.42 Å². The Hall–Kier alpha value is -2.06. The molecule has 2 aromatic carbocycles. The summed E-state index contributed by atoms with van der Waals surface area (Å²) in [6, 6.07) is 14.4. The van der Waals surface area contributed by atoms with Crippen LogP contribution in [0.1, 0.15) is 0 Å². The Bertz CT molecular complexity index is 775. The Morgan fingerprint density at radius 3 is 2.67 bits per heavy atom. The van der Waals surface area contributed by atoms with Gasteiger partial charge in [-0.3, -0.25) is 4.79 Å². The van der Waals surface area contributed by atoms with E-state index in [1.54, 1.807) is 24.3 Å². The minimum atomic E-state index is -0.0425. The molecule has 0 saturated heterocycles. The zero-order valence-corrected chi connectivity index (χ0v) is 10.1. The van der Waals surface area contributed by atoms with Crippen molar-refractivity contribution in [3.8, 4) is 11.1 Å². The second kappa shape index (κ2) is 4.31. The third-order valence-corrected chi connectivity index (χ3v) is 3.05. The van der Waals surface area contributed by atoms with Gasteiger partial charge in [-0.05, 0) is 29.8 Å². The van der Waals surface area contributed by atoms with Crippen LogP contribution in [-0.4, -0.2) is 0 Å². The Labute approximate surface area is 108 Å². The fraction of sp³-hybridized carbons (Fsp3) is 0. The van der Waals surface area contributed by atoms with Crippen molar-refractivity contribution in [2.75, 3.05) is 0 Å². The maximum Gasteiger partial charge on any atom is 0.200 e. The Morgan fingerprint density at radius 1 is 1.00 bits per heavy atom. The van der Waals surface area contributed by atoms with Gasteiger partial charge in [-0.1, -0.05) is 35.9 Å². The molecule has 3 heteroatoms. The van der Waals surface area contributed by atoms with Gasteiger partial charge in [0.2, 0.25) is 0 Å². The smallest absolute Gasteiger partial charge is 0.200 e. The van der Waals surface area contributed by atoms with E-state index in [1.165, 1.54) is 6.26 Å². The molecule has 1 heterocycles. The van der Waals surface area contributed by atoms with Crippen LogP contribution in [-0.2, 0) is 0 Å². The molecule has 2 nitrogen and oxygen atoms in total. The molecule has 0 saturated carbocycles. The van der Waals surface area contributed by atoms with Gasteiger partial charge >= 0.3 is 0 Å². The normalized spacial score (nSPS) is 10.7. The van der Waals surface area contributed by atoms with Gasteiger partial charge in [-0.15, -0.1) is 0 Å². The largest absolute Gasteiger partial charge is 0.463 e. The van der Waals surface area contributed by atoms with Crippen LogP contribution >= 0.6 is 11.6 Å². The lowest BCUT2D eigenvalue weighted by molar-refractivity contribution is 0.604. The summed E-state index contributed by atoms with van der Waals surface area (Å²) < 4.78 is 5.47. The topological polar surface area (TPSA) is 30.2 Å². The molecule has 0 aliphatic rings. The molecule has 0 spiro atoms. The summed E-state index contributed by atoms with van der Waals surface area (Å²) >= 11 is 5.93. The Morgan fingerprint density at radius 2 is 1.83 bits per heavy atom. The van der Waals surface area contributed by atoms with Gasteiger partial charge < -0.3 is 4.42 Å². The number of halogens is 1. The highest BCUT2D eigenvalue weighted by Gasteiger charge is 2.08. The van der Waals surface area contributed by atoms with Crippen LogP contribution in [0.15, 0.2) is 64.0 Å². The lowest BCUT2D eigenvalue weighted by atomic mass is 10.1. The number of fused-ring (bicyclic) bond motifs is 1. The quantitative estimate of drug-likeness (QED) is 0.656. The molecule has 0 bridgehead atoms. The van der Waals surface area contributed by atoms with Crippen molar-refractivity contribution in [2.45, 2.75) is 0 Å². The summed E-state index contributed by atoms with van der Waals surface area (Å²) in [5.41, 5.74) is 1.84. The highest BCUT2D eigenvalue weighted by Crippen LogP contribution is 2.22.